The number of hydrogen-bond acceptors (Lipinski definition) is 1. The van der Waals surface area contributed by atoms with Crippen molar-refractivity contribution < 1.29 is 17.9 Å². The van der Waals surface area contributed by atoms with Crippen LogP contribution in [0.25, 0.3) is 31.9 Å². The van der Waals surface area contributed by atoms with Crippen molar-refractivity contribution in [1.29, 1.82) is 0 Å². The number of halogens is 2. The van der Waals surface area contributed by atoms with E-state index in [1.165, 1.54) is 32.3 Å². The number of benzene rings is 2. The first-order chi connectivity index (χ1) is 15.9. The van der Waals surface area contributed by atoms with Gasteiger partial charge in [0.15, 0.2) is 12.4 Å². The standard InChI is InChI=1S/C15H14NS.C13H12F2N.CH4/c1-11-12-7-3-4-9-14(12)17-15(11)13-8-5-6-10-16(13)2;1-9-7-10(14)8-11(15)13(9)12-5-3-4-6-16(12)2;/h3-10H,1-2H3;3-8H,1-2H3;1H4/q2*+1;. The zero-order valence-corrected chi connectivity index (χ0v) is 20.0. The van der Waals surface area contributed by atoms with Crippen LogP contribution in [0.3, 0.4) is 0 Å². The van der Waals surface area contributed by atoms with Crippen LogP contribution in [0.2, 0.25) is 0 Å². The molecule has 5 heteroatoms. The number of fused-ring (bicyclic) bond motifs is 1. The number of aryl methyl sites for hydroxylation is 4. The monoisotopic (exact) mass is 476 g/mol. The van der Waals surface area contributed by atoms with Gasteiger partial charge in [-0.15, -0.1) is 11.3 Å². The average molecular weight is 477 g/mol. The van der Waals surface area contributed by atoms with Crippen molar-refractivity contribution in [2.45, 2.75) is 21.3 Å². The molecule has 3 heterocycles. The van der Waals surface area contributed by atoms with E-state index in [1.807, 2.05) is 47.3 Å². The van der Waals surface area contributed by atoms with Crippen LogP contribution < -0.4 is 9.13 Å². The highest BCUT2D eigenvalue weighted by Gasteiger charge is 2.18. The Balaban J connectivity index is 0.000000186. The normalized spacial score (nSPS) is 10.4. The maximum atomic E-state index is 13.7. The average Bonchev–Trinajstić information content (AvgIpc) is 3.12. The van der Waals surface area contributed by atoms with Crippen molar-refractivity contribution >= 4 is 21.4 Å². The van der Waals surface area contributed by atoms with Gasteiger partial charge in [0.1, 0.15) is 30.6 Å². The van der Waals surface area contributed by atoms with Crippen molar-refractivity contribution in [3.63, 3.8) is 0 Å². The second kappa shape index (κ2) is 10.7. The molecule has 3 aromatic heterocycles. The first kappa shape index (κ1) is 25.2. The van der Waals surface area contributed by atoms with E-state index >= 15 is 0 Å². The van der Waals surface area contributed by atoms with Crippen LogP contribution >= 0.6 is 11.3 Å². The molecule has 0 fully saturated rings. The number of rotatable bonds is 2. The molecule has 0 bridgehead atoms. The fourth-order valence-electron chi connectivity index (χ4n) is 3.99. The Morgan fingerprint density at radius 3 is 1.91 bits per heavy atom. The summed E-state index contributed by atoms with van der Waals surface area (Å²) in [4.78, 5) is 1.37. The zero-order valence-electron chi connectivity index (χ0n) is 19.1. The van der Waals surface area contributed by atoms with Crippen LogP contribution in [0.4, 0.5) is 8.78 Å². The molecule has 34 heavy (non-hydrogen) atoms. The van der Waals surface area contributed by atoms with Crippen molar-refractivity contribution in [2.24, 2.45) is 14.1 Å². The van der Waals surface area contributed by atoms with Crippen LogP contribution in [0, 0.1) is 25.5 Å². The molecule has 0 saturated heterocycles. The van der Waals surface area contributed by atoms with Crippen LogP contribution in [0.15, 0.2) is 85.2 Å². The van der Waals surface area contributed by atoms with Gasteiger partial charge in [-0.1, -0.05) is 25.6 Å². The van der Waals surface area contributed by atoms with Gasteiger partial charge >= 0.3 is 0 Å². The van der Waals surface area contributed by atoms with Gasteiger partial charge in [-0.05, 0) is 54.6 Å². The minimum atomic E-state index is -0.544. The summed E-state index contributed by atoms with van der Waals surface area (Å²) < 4.78 is 32.1. The highest BCUT2D eigenvalue weighted by Crippen LogP contribution is 2.36. The van der Waals surface area contributed by atoms with Gasteiger partial charge in [-0.25, -0.2) is 17.9 Å². The molecule has 174 valence electrons. The van der Waals surface area contributed by atoms with E-state index in [9.17, 15) is 8.78 Å². The Morgan fingerprint density at radius 1 is 0.735 bits per heavy atom. The molecular weight excluding hydrogens is 446 g/mol. The SMILES string of the molecule is C.Cc1c(-c2cccc[n+]2C)sc2ccccc12.Cc1cc(F)cc(F)c1-c1cccc[n+]1C. The molecule has 0 unspecified atom stereocenters. The lowest BCUT2D eigenvalue weighted by Gasteiger charge is -2.05. The van der Waals surface area contributed by atoms with E-state index in [0.717, 1.165) is 11.8 Å². The summed E-state index contributed by atoms with van der Waals surface area (Å²) in [6.45, 7) is 3.91. The summed E-state index contributed by atoms with van der Waals surface area (Å²) >= 11 is 1.87. The Hall–Kier alpha value is -3.44. The quantitative estimate of drug-likeness (QED) is 0.240. The van der Waals surface area contributed by atoms with E-state index in [4.69, 9.17) is 0 Å². The molecule has 5 rings (SSSR count). The van der Waals surface area contributed by atoms with Crippen LogP contribution in [0.1, 0.15) is 18.6 Å². The maximum Gasteiger partial charge on any atom is 0.222 e. The summed E-state index contributed by atoms with van der Waals surface area (Å²) in [5.41, 5.74) is 4.44. The van der Waals surface area contributed by atoms with Crippen LogP contribution in [-0.2, 0) is 14.1 Å². The van der Waals surface area contributed by atoms with Gasteiger partial charge in [-0.3, -0.25) is 0 Å². The van der Waals surface area contributed by atoms with Crippen molar-refractivity contribution in [1.82, 2.24) is 0 Å². The smallest absolute Gasteiger partial charge is 0.207 e. The third kappa shape index (κ3) is 5.05. The van der Waals surface area contributed by atoms with E-state index in [2.05, 4.69) is 67.2 Å². The van der Waals surface area contributed by atoms with Gasteiger partial charge in [0, 0.05) is 35.0 Å². The van der Waals surface area contributed by atoms with Gasteiger partial charge in [0.25, 0.3) is 0 Å². The van der Waals surface area contributed by atoms with E-state index in [-0.39, 0.29) is 7.43 Å². The third-order valence-electron chi connectivity index (χ3n) is 5.69. The minimum absolute atomic E-state index is 0. The highest BCUT2D eigenvalue weighted by atomic mass is 32.1. The fraction of sp³-hybridized carbons (Fsp3) is 0.172. The Bertz CT molecular complexity index is 1420. The number of hydrogen-bond donors (Lipinski definition) is 0. The summed E-state index contributed by atoms with van der Waals surface area (Å²) in [5.74, 6) is -1.07. The first-order valence-electron chi connectivity index (χ1n) is 10.7. The van der Waals surface area contributed by atoms with Gasteiger partial charge in [-0.2, -0.15) is 0 Å². The van der Waals surface area contributed by atoms with Gasteiger partial charge < -0.3 is 0 Å². The second-order valence-electron chi connectivity index (χ2n) is 8.03. The van der Waals surface area contributed by atoms with Gasteiger partial charge in [0.05, 0.1) is 5.56 Å². The second-order valence-corrected chi connectivity index (χ2v) is 9.08. The number of thiophene rings is 1. The minimum Gasteiger partial charge on any atom is -0.207 e. The molecule has 0 saturated carbocycles. The zero-order chi connectivity index (χ0) is 23.5. The maximum absolute atomic E-state index is 13.7. The number of pyridine rings is 2. The largest absolute Gasteiger partial charge is 0.222 e. The Labute approximate surface area is 204 Å². The van der Waals surface area contributed by atoms with Crippen LogP contribution in [0.5, 0.6) is 0 Å². The molecule has 0 atom stereocenters. The van der Waals surface area contributed by atoms with E-state index in [1.54, 1.807) is 6.92 Å². The first-order valence-corrected chi connectivity index (χ1v) is 11.5. The lowest BCUT2D eigenvalue weighted by atomic mass is 10.0. The lowest BCUT2D eigenvalue weighted by molar-refractivity contribution is -0.660. The molecule has 5 aromatic rings. The predicted molar refractivity (Wildman–Crippen MR) is 138 cm³/mol. The highest BCUT2D eigenvalue weighted by molar-refractivity contribution is 7.22. The molecule has 0 spiro atoms. The third-order valence-corrected chi connectivity index (χ3v) is 6.99. The molecule has 0 aliphatic rings. The summed E-state index contributed by atoms with van der Waals surface area (Å²) in [6.07, 6.45) is 3.93. The summed E-state index contributed by atoms with van der Waals surface area (Å²) in [7, 11) is 3.93. The van der Waals surface area contributed by atoms with E-state index in [0.29, 0.717) is 11.1 Å². The van der Waals surface area contributed by atoms with Crippen molar-refractivity contribution in [3.05, 3.63) is 108 Å². The molecule has 0 radical (unpaired) electrons. The molecule has 0 amide bonds. The molecule has 0 aliphatic heterocycles. The molecule has 2 aromatic carbocycles. The van der Waals surface area contributed by atoms with Crippen LogP contribution in [-0.4, -0.2) is 0 Å². The summed E-state index contributed by atoms with van der Waals surface area (Å²) in [6, 6.07) is 22.7. The molecule has 0 aliphatic carbocycles. The van der Waals surface area contributed by atoms with Crippen molar-refractivity contribution in [2.75, 3.05) is 0 Å². The summed E-state index contributed by atoms with van der Waals surface area (Å²) in [5, 5.41) is 1.37. The van der Waals surface area contributed by atoms with E-state index < -0.39 is 11.6 Å². The molecule has 2 nitrogen and oxygen atoms in total. The lowest BCUT2D eigenvalue weighted by Crippen LogP contribution is -2.30. The molecule has 0 N–H and O–H groups in total. The van der Waals surface area contributed by atoms with Crippen molar-refractivity contribution in [3.8, 4) is 21.8 Å². The topological polar surface area (TPSA) is 7.76 Å². The van der Waals surface area contributed by atoms with Gasteiger partial charge in [0.2, 0.25) is 11.4 Å². The number of aromatic nitrogens is 2. The predicted octanol–water partition coefficient (Wildman–Crippen LogP) is 7.10. The molecular formula is C29H30F2N2S+2. The Morgan fingerprint density at radius 2 is 1.32 bits per heavy atom. The fourth-order valence-corrected chi connectivity index (χ4v) is 5.26. The Kier molecular flexibility index (Phi) is 7.90. The number of nitrogens with zero attached hydrogens (tertiary/aromatic N) is 2.